The van der Waals surface area contributed by atoms with Crippen LogP contribution in [0.25, 0.3) is 16.6 Å². The summed E-state index contributed by atoms with van der Waals surface area (Å²) in [7, 11) is 1.60. The number of aromatic nitrogens is 1. The molecule has 0 saturated heterocycles. The molecule has 2 aromatic carbocycles. The summed E-state index contributed by atoms with van der Waals surface area (Å²) in [6.07, 6.45) is 5.56. The quantitative estimate of drug-likeness (QED) is 0.149. The van der Waals surface area contributed by atoms with Crippen LogP contribution in [0.4, 0.5) is 0 Å². The van der Waals surface area contributed by atoms with Gasteiger partial charge in [0.2, 0.25) is 5.91 Å². The van der Waals surface area contributed by atoms with Crippen LogP contribution in [-0.2, 0) is 6.42 Å². The minimum Gasteiger partial charge on any atom is -0.494 e. The summed E-state index contributed by atoms with van der Waals surface area (Å²) in [4.78, 5) is 12.9. The van der Waals surface area contributed by atoms with E-state index in [4.69, 9.17) is 9.47 Å². The Labute approximate surface area is 227 Å². The highest BCUT2D eigenvalue weighted by Gasteiger charge is 2.25. The molecule has 38 heavy (non-hydrogen) atoms. The third-order valence-electron chi connectivity index (χ3n) is 5.85. The summed E-state index contributed by atoms with van der Waals surface area (Å²) in [5.74, 6) is 1.81. The van der Waals surface area contributed by atoms with Gasteiger partial charge in [0.15, 0.2) is 0 Å². The van der Waals surface area contributed by atoms with E-state index in [1.807, 2.05) is 83.3 Å². The molecule has 0 aliphatic carbocycles. The predicted molar refractivity (Wildman–Crippen MR) is 157 cm³/mol. The number of rotatable bonds is 12. The number of carbonyl (C=O) groups is 1. The second kappa shape index (κ2) is 15.0. The number of fused-ring (bicyclic) bond motifs is 1. The van der Waals surface area contributed by atoms with E-state index in [0.717, 1.165) is 53.6 Å². The first-order valence-corrected chi connectivity index (χ1v) is 13.5. The average Bonchev–Trinajstić information content (AvgIpc) is 3.35. The number of carbonyl (C=O) groups excluding carboxylic acids is 1. The third kappa shape index (κ3) is 8.20. The maximum Gasteiger partial charge on any atom is 0.236 e. The number of unbranched alkanes of at least 4 members (excludes halogenated alkanes) is 1. The van der Waals surface area contributed by atoms with Gasteiger partial charge in [-0.05, 0) is 67.3 Å². The van der Waals surface area contributed by atoms with Gasteiger partial charge in [-0.3, -0.25) is 14.8 Å². The minimum absolute atomic E-state index is 0.0906. The van der Waals surface area contributed by atoms with Crippen molar-refractivity contribution in [3.8, 4) is 11.5 Å². The lowest BCUT2D eigenvalue weighted by Gasteiger charge is -2.18. The standard InChI is InChI=1S/C29H38N4O3.C2H6/c1-7-10-25-24-17-18-33(28(34)29(3,4)5)26(24)15-16-27(25)36-20-9-8-19-35-23-13-11-22(12-14-23)21(2)31-32-30-6;1-2/h11-18H,2,7-10,19-20H2,1,3-6H3,(H,30,31);1-2H3. The van der Waals surface area contributed by atoms with Crippen LogP contribution in [0, 0.1) is 5.41 Å². The van der Waals surface area contributed by atoms with Gasteiger partial charge in [-0.2, -0.15) is 5.11 Å². The number of hydrogen-bond acceptors (Lipinski definition) is 5. The molecular weight excluding hydrogens is 476 g/mol. The normalized spacial score (nSPS) is 11.2. The first kappa shape index (κ1) is 30.6. The molecular formula is C31H44N4O3. The van der Waals surface area contributed by atoms with Gasteiger partial charge in [0, 0.05) is 22.6 Å². The fraction of sp³-hybridized carbons (Fsp3) is 0.452. The van der Waals surface area contributed by atoms with Gasteiger partial charge >= 0.3 is 0 Å². The number of nitrogens with one attached hydrogen (secondary N) is 1. The number of hydrogen-bond donors (Lipinski definition) is 1. The average molecular weight is 521 g/mol. The Kier molecular flexibility index (Phi) is 12.1. The lowest BCUT2D eigenvalue weighted by Crippen LogP contribution is -2.25. The van der Waals surface area contributed by atoms with Crippen LogP contribution < -0.4 is 14.9 Å². The van der Waals surface area contributed by atoms with Gasteiger partial charge in [0.25, 0.3) is 0 Å². The highest BCUT2D eigenvalue weighted by atomic mass is 16.5. The summed E-state index contributed by atoms with van der Waals surface area (Å²) < 4.78 is 13.8. The molecule has 1 heterocycles. The SMILES string of the molecule is C=C(NN=NC)c1ccc(OCCCCOc2ccc3c(ccn3C(=O)C(C)(C)C)c2CCC)cc1.CC. The molecule has 3 rings (SSSR count). The first-order chi connectivity index (χ1) is 18.3. The highest BCUT2D eigenvalue weighted by Crippen LogP contribution is 2.32. The van der Waals surface area contributed by atoms with Crippen LogP contribution >= 0.6 is 0 Å². The second-order valence-electron chi connectivity index (χ2n) is 9.78. The van der Waals surface area contributed by atoms with E-state index in [1.165, 1.54) is 5.56 Å². The molecule has 206 valence electrons. The van der Waals surface area contributed by atoms with Crippen LogP contribution in [0.3, 0.4) is 0 Å². The van der Waals surface area contributed by atoms with Gasteiger partial charge in [0.1, 0.15) is 11.5 Å². The predicted octanol–water partition coefficient (Wildman–Crippen LogP) is 8.10. The first-order valence-electron chi connectivity index (χ1n) is 13.5. The molecule has 0 saturated carbocycles. The molecule has 0 fully saturated rings. The molecule has 0 aliphatic rings. The molecule has 0 aliphatic heterocycles. The van der Waals surface area contributed by atoms with E-state index >= 15 is 0 Å². The van der Waals surface area contributed by atoms with Crippen molar-refractivity contribution in [3.63, 3.8) is 0 Å². The van der Waals surface area contributed by atoms with E-state index < -0.39 is 5.41 Å². The van der Waals surface area contributed by atoms with E-state index in [9.17, 15) is 4.79 Å². The smallest absolute Gasteiger partial charge is 0.236 e. The van der Waals surface area contributed by atoms with E-state index in [2.05, 4.69) is 29.3 Å². The molecule has 7 heteroatoms. The topological polar surface area (TPSA) is 77.2 Å². The Balaban J connectivity index is 0.00000247. The zero-order chi connectivity index (χ0) is 28.1. The Morgan fingerprint density at radius 2 is 1.66 bits per heavy atom. The summed E-state index contributed by atoms with van der Waals surface area (Å²) >= 11 is 0. The van der Waals surface area contributed by atoms with Crippen molar-refractivity contribution >= 4 is 22.5 Å². The van der Waals surface area contributed by atoms with Crippen molar-refractivity contribution in [2.24, 2.45) is 15.8 Å². The molecule has 0 amide bonds. The van der Waals surface area contributed by atoms with Crippen LogP contribution in [-0.4, -0.2) is 30.7 Å². The fourth-order valence-electron chi connectivity index (χ4n) is 3.94. The molecule has 1 N–H and O–H groups in total. The van der Waals surface area contributed by atoms with Gasteiger partial charge < -0.3 is 9.47 Å². The van der Waals surface area contributed by atoms with Crippen molar-refractivity contribution in [1.82, 2.24) is 9.99 Å². The molecule has 0 radical (unpaired) electrons. The monoisotopic (exact) mass is 520 g/mol. The van der Waals surface area contributed by atoms with Crippen LogP contribution in [0.1, 0.15) is 76.7 Å². The Morgan fingerprint density at radius 1 is 1.00 bits per heavy atom. The summed E-state index contributed by atoms with van der Waals surface area (Å²) in [6.45, 7) is 17.2. The van der Waals surface area contributed by atoms with E-state index in [-0.39, 0.29) is 5.91 Å². The Hall–Kier alpha value is -3.61. The summed E-state index contributed by atoms with van der Waals surface area (Å²) in [5, 5.41) is 8.48. The van der Waals surface area contributed by atoms with Crippen LogP contribution in [0.2, 0.25) is 0 Å². The number of nitrogens with zero attached hydrogens (tertiary/aromatic N) is 3. The molecule has 0 unspecified atom stereocenters. The third-order valence-corrected chi connectivity index (χ3v) is 5.85. The van der Waals surface area contributed by atoms with E-state index in [1.54, 1.807) is 11.6 Å². The maximum absolute atomic E-state index is 12.9. The fourth-order valence-corrected chi connectivity index (χ4v) is 3.94. The number of aryl methyl sites for hydroxylation is 1. The Bertz CT molecular complexity index is 1200. The van der Waals surface area contributed by atoms with Crippen molar-refractivity contribution in [2.75, 3.05) is 20.3 Å². The Morgan fingerprint density at radius 3 is 2.26 bits per heavy atom. The lowest BCUT2D eigenvalue weighted by atomic mass is 9.95. The molecule has 0 bridgehead atoms. The molecule has 3 aromatic rings. The minimum atomic E-state index is -0.441. The van der Waals surface area contributed by atoms with Crippen molar-refractivity contribution in [3.05, 3.63) is 66.4 Å². The molecule has 1 aromatic heterocycles. The van der Waals surface area contributed by atoms with Gasteiger partial charge in [-0.15, -0.1) is 0 Å². The van der Waals surface area contributed by atoms with Crippen LogP contribution in [0.5, 0.6) is 11.5 Å². The lowest BCUT2D eigenvalue weighted by molar-refractivity contribution is 0.0772. The summed E-state index contributed by atoms with van der Waals surface area (Å²) in [6, 6.07) is 13.8. The molecule has 0 atom stereocenters. The van der Waals surface area contributed by atoms with E-state index in [0.29, 0.717) is 18.9 Å². The van der Waals surface area contributed by atoms with Crippen molar-refractivity contribution < 1.29 is 14.3 Å². The second-order valence-corrected chi connectivity index (χ2v) is 9.78. The summed E-state index contributed by atoms with van der Waals surface area (Å²) in [5.41, 5.74) is 6.06. The maximum atomic E-state index is 12.9. The van der Waals surface area contributed by atoms with Gasteiger partial charge in [0.05, 0.1) is 31.5 Å². The molecule has 0 spiro atoms. The molecule has 7 nitrogen and oxygen atoms in total. The largest absolute Gasteiger partial charge is 0.494 e. The van der Waals surface area contributed by atoms with Crippen molar-refractivity contribution in [1.29, 1.82) is 0 Å². The zero-order valence-electron chi connectivity index (χ0n) is 24.1. The number of ether oxygens (including phenoxy) is 2. The van der Waals surface area contributed by atoms with Gasteiger partial charge in [-0.25, -0.2) is 0 Å². The van der Waals surface area contributed by atoms with Crippen molar-refractivity contribution in [2.45, 2.75) is 67.2 Å². The van der Waals surface area contributed by atoms with Crippen LogP contribution in [0.15, 0.2) is 65.6 Å². The van der Waals surface area contributed by atoms with Gasteiger partial charge in [-0.1, -0.05) is 59.8 Å². The number of benzene rings is 2. The highest BCUT2D eigenvalue weighted by molar-refractivity contribution is 5.96. The zero-order valence-corrected chi connectivity index (χ0v) is 24.1.